The SMILES string of the molecule is COc1cc(CC2CCCN2)c(SC)cc1SC(F)(F)F. The molecule has 1 atom stereocenters. The van der Waals surface area contributed by atoms with Crippen molar-refractivity contribution in [1.82, 2.24) is 5.32 Å². The average molecular weight is 337 g/mol. The van der Waals surface area contributed by atoms with Crippen molar-refractivity contribution in [2.75, 3.05) is 19.9 Å². The highest BCUT2D eigenvalue weighted by Crippen LogP contribution is 2.44. The third-order valence-corrected chi connectivity index (χ3v) is 5.01. The van der Waals surface area contributed by atoms with Crippen molar-refractivity contribution in [3.63, 3.8) is 0 Å². The lowest BCUT2D eigenvalue weighted by atomic mass is 10.0. The summed E-state index contributed by atoms with van der Waals surface area (Å²) in [5.74, 6) is 0.295. The summed E-state index contributed by atoms with van der Waals surface area (Å²) >= 11 is 1.35. The van der Waals surface area contributed by atoms with Gasteiger partial charge in [-0.05, 0) is 61.5 Å². The second kappa shape index (κ2) is 7.15. The van der Waals surface area contributed by atoms with Crippen molar-refractivity contribution < 1.29 is 17.9 Å². The van der Waals surface area contributed by atoms with Gasteiger partial charge in [0.05, 0.1) is 12.0 Å². The van der Waals surface area contributed by atoms with Crippen molar-refractivity contribution >= 4 is 23.5 Å². The van der Waals surface area contributed by atoms with E-state index in [0.29, 0.717) is 11.8 Å². The van der Waals surface area contributed by atoms with E-state index in [0.717, 1.165) is 36.3 Å². The molecule has 1 unspecified atom stereocenters. The van der Waals surface area contributed by atoms with E-state index in [-0.39, 0.29) is 16.7 Å². The van der Waals surface area contributed by atoms with Gasteiger partial charge in [0.15, 0.2) is 0 Å². The van der Waals surface area contributed by atoms with Gasteiger partial charge in [0.2, 0.25) is 0 Å². The molecule has 2 rings (SSSR count). The molecule has 0 radical (unpaired) electrons. The Kier molecular flexibility index (Phi) is 5.73. The van der Waals surface area contributed by atoms with Crippen LogP contribution in [0.25, 0.3) is 0 Å². The zero-order chi connectivity index (χ0) is 15.5. The number of benzene rings is 1. The van der Waals surface area contributed by atoms with Crippen LogP contribution < -0.4 is 10.1 Å². The van der Waals surface area contributed by atoms with Crippen LogP contribution in [0.15, 0.2) is 21.9 Å². The molecular formula is C14H18F3NOS2. The molecule has 0 aliphatic carbocycles. The molecule has 1 aromatic rings. The van der Waals surface area contributed by atoms with Crippen LogP contribution in [0.4, 0.5) is 13.2 Å². The molecule has 1 saturated heterocycles. The maximum absolute atomic E-state index is 12.6. The second-order valence-corrected chi connectivity index (χ2v) is 6.82. The smallest absolute Gasteiger partial charge is 0.446 e. The zero-order valence-electron chi connectivity index (χ0n) is 11.9. The summed E-state index contributed by atoms with van der Waals surface area (Å²) in [6, 6.07) is 3.74. The van der Waals surface area contributed by atoms with E-state index >= 15 is 0 Å². The second-order valence-electron chi connectivity index (χ2n) is 4.86. The van der Waals surface area contributed by atoms with E-state index < -0.39 is 5.51 Å². The Balaban J connectivity index is 2.28. The summed E-state index contributed by atoms with van der Waals surface area (Å²) in [7, 11) is 1.41. The van der Waals surface area contributed by atoms with Gasteiger partial charge in [-0.1, -0.05) is 0 Å². The number of methoxy groups -OCH3 is 1. The number of hydrogen-bond donors (Lipinski definition) is 1. The summed E-state index contributed by atoms with van der Waals surface area (Å²) in [6.45, 7) is 1.01. The number of thioether (sulfide) groups is 2. The molecule has 0 bridgehead atoms. The highest BCUT2D eigenvalue weighted by molar-refractivity contribution is 8.00. The number of rotatable bonds is 5. The summed E-state index contributed by atoms with van der Waals surface area (Å²) in [6.07, 6.45) is 4.96. The van der Waals surface area contributed by atoms with Crippen molar-refractivity contribution in [2.45, 2.75) is 40.6 Å². The third kappa shape index (κ3) is 4.72. The number of nitrogens with one attached hydrogen (secondary N) is 1. The van der Waals surface area contributed by atoms with E-state index in [2.05, 4.69) is 5.32 Å². The Hall–Kier alpha value is -0.530. The number of alkyl halides is 3. The molecule has 0 aromatic heterocycles. The fourth-order valence-electron chi connectivity index (χ4n) is 2.49. The lowest BCUT2D eigenvalue weighted by Crippen LogP contribution is -2.23. The quantitative estimate of drug-likeness (QED) is 0.807. The maximum Gasteiger partial charge on any atom is 0.446 e. The fraction of sp³-hybridized carbons (Fsp3) is 0.571. The molecule has 1 aliphatic rings. The van der Waals surface area contributed by atoms with Crippen LogP contribution in [0.2, 0.25) is 0 Å². The van der Waals surface area contributed by atoms with Gasteiger partial charge in [-0.2, -0.15) is 13.2 Å². The van der Waals surface area contributed by atoms with Crippen molar-refractivity contribution in [3.8, 4) is 5.75 Å². The van der Waals surface area contributed by atoms with Crippen molar-refractivity contribution in [3.05, 3.63) is 17.7 Å². The van der Waals surface area contributed by atoms with Crippen LogP contribution in [0.3, 0.4) is 0 Å². The monoisotopic (exact) mass is 337 g/mol. The first-order valence-electron chi connectivity index (χ1n) is 6.67. The average Bonchev–Trinajstić information content (AvgIpc) is 2.91. The van der Waals surface area contributed by atoms with Gasteiger partial charge < -0.3 is 10.1 Å². The predicted molar refractivity (Wildman–Crippen MR) is 81.4 cm³/mol. The standard InChI is InChI=1S/C14H18F3NOS2/c1-19-11-7-9(6-10-4-3-5-18-10)12(20-2)8-13(11)21-14(15,16)17/h7-8,10,18H,3-6H2,1-2H3. The number of hydrogen-bond acceptors (Lipinski definition) is 4. The van der Waals surface area contributed by atoms with Crippen LogP contribution in [-0.2, 0) is 6.42 Å². The van der Waals surface area contributed by atoms with Crippen LogP contribution >= 0.6 is 23.5 Å². The Bertz CT molecular complexity index is 488. The zero-order valence-corrected chi connectivity index (χ0v) is 13.6. The van der Waals surface area contributed by atoms with E-state index in [1.54, 1.807) is 12.1 Å². The highest BCUT2D eigenvalue weighted by Gasteiger charge is 2.31. The molecule has 1 fully saturated rings. The summed E-state index contributed by atoms with van der Waals surface area (Å²) in [5, 5.41) is 3.41. The Labute approximate surface area is 131 Å². The minimum atomic E-state index is -4.31. The molecular weight excluding hydrogens is 319 g/mol. The molecule has 7 heteroatoms. The molecule has 1 aliphatic heterocycles. The van der Waals surface area contributed by atoms with Gasteiger partial charge in [-0.3, -0.25) is 0 Å². The maximum atomic E-state index is 12.6. The van der Waals surface area contributed by atoms with Crippen molar-refractivity contribution in [1.29, 1.82) is 0 Å². The Morgan fingerprint density at radius 1 is 1.33 bits per heavy atom. The first kappa shape index (κ1) is 16.8. The van der Waals surface area contributed by atoms with Crippen LogP contribution in [0, 0.1) is 0 Å². The molecule has 1 N–H and O–H groups in total. The van der Waals surface area contributed by atoms with Gasteiger partial charge in [0.1, 0.15) is 5.75 Å². The number of halogens is 3. The molecule has 1 heterocycles. The van der Waals surface area contributed by atoms with E-state index in [1.165, 1.54) is 18.9 Å². The lowest BCUT2D eigenvalue weighted by molar-refractivity contribution is -0.0329. The van der Waals surface area contributed by atoms with Gasteiger partial charge >= 0.3 is 5.51 Å². The minimum absolute atomic E-state index is 0.121. The van der Waals surface area contributed by atoms with Gasteiger partial charge in [-0.25, -0.2) is 0 Å². The van der Waals surface area contributed by atoms with Crippen LogP contribution in [0.1, 0.15) is 18.4 Å². The summed E-state index contributed by atoms with van der Waals surface area (Å²) < 4.78 is 43.0. The normalized spacial score (nSPS) is 19.0. The van der Waals surface area contributed by atoms with Gasteiger partial charge in [-0.15, -0.1) is 11.8 Å². The van der Waals surface area contributed by atoms with Gasteiger partial charge in [0, 0.05) is 10.9 Å². The van der Waals surface area contributed by atoms with E-state index in [4.69, 9.17) is 4.74 Å². The Morgan fingerprint density at radius 2 is 2.10 bits per heavy atom. The van der Waals surface area contributed by atoms with Crippen LogP contribution in [-0.4, -0.2) is 31.5 Å². The molecule has 0 spiro atoms. The van der Waals surface area contributed by atoms with Crippen LogP contribution in [0.5, 0.6) is 5.75 Å². The first-order valence-corrected chi connectivity index (χ1v) is 8.71. The Morgan fingerprint density at radius 3 is 2.62 bits per heavy atom. The minimum Gasteiger partial charge on any atom is -0.496 e. The summed E-state index contributed by atoms with van der Waals surface area (Å²) in [5.41, 5.74) is -3.26. The fourth-order valence-corrected chi connectivity index (χ4v) is 3.88. The first-order chi connectivity index (χ1) is 9.93. The molecule has 21 heavy (non-hydrogen) atoms. The lowest BCUT2D eigenvalue weighted by Gasteiger charge is -2.17. The van der Waals surface area contributed by atoms with E-state index in [1.807, 2.05) is 6.26 Å². The molecule has 118 valence electrons. The molecule has 0 saturated carbocycles. The predicted octanol–water partition coefficient (Wildman–Crippen LogP) is 4.32. The summed E-state index contributed by atoms with van der Waals surface area (Å²) in [4.78, 5) is 1.01. The van der Waals surface area contributed by atoms with E-state index in [9.17, 15) is 13.2 Å². The van der Waals surface area contributed by atoms with Crippen molar-refractivity contribution in [2.24, 2.45) is 0 Å². The largest absolute Gasteiger partial charge is 0.496 e. The third-order valence-electron chi connectivity index (χ3n) is 3.42. The molecule has 0 amide bonds. The molecule has 2 nitrogen and oxygen atoms in total. The highest BCUT2D eigenvalue weighted by atomic mass is 32.2. The van der Waals surface area contributed by atoms with Gasteiger partial charge in [0.25, 0.3) is 0 Å². The topological polar surface area (TPSA) is 21.3 Å². The molecule has 1 aromatic carbocycles. The number of ether oxygens (including phenoxy) is 1.